The zero-order valence-corrected chi connectivity index (χ0v) is 13.3. The highest BCUT2D eigenvalue weighted by atomic mass is 16.6. The van der Waals surface area contributed by atoms with Crippen molar-refractivity contribution in [3.63, 3.8) is 0 Å². The van der Waals surface area contributed by atoms with Crippen molar-refractivity contribution >= 4 is 17.6 Å². The number of nitro groups is 1. The monoisotopic (exact) mass is 312 g/mol. The summed E-state index contributed by atoms with van der Waals surface area (Å²) in [5.41, 5.74) is 0.453. The van der Waals surface area contributed by atoms with Crippen LogP contribution < -0.4 is 0 Å². The Morgan fingerprint density at radius 2 is 2.00 bits per heavy atom. The topological polar surface area (TPSA) is 108 Å². The Morgan fingerprint density at radius 3 is 2.41 bits per heavy atom. The molecule has 0 saturated heterocycles. The molecule has 0 radical (unpaired) electrons. The summed E-state index contributed by atoms with van der Waals surface area (Å²) in [6, 6.07) is -0.210. The van der Waals surface area contributed by atoms with E-state index in [-0.39, 0.29) is 36.4 Å². The SMILES string of the molecule is COC(=O)CN(C(=O)Cn1nc(C)c([N+](=O)[O-])c1C)C(C)C. The lowest BCUT2D eigenvalue weighted by atomic mass is 10.3. The quantitative estimate of drug-likeness (QED) is 0.437. The minimum Gasteiger partial charge on any atom is -0.468 e. The van der Waals surface area contributed by atoms with E-state index >= 15 is 0 Å². The minimum atomic E-state index is -0.526. The Balaban J connectivity index is 2.97. The number of aryl methyl sites for hydroxylation is 1. The molecule has 9 nitrogen and oxygen atoms in total. The maximum atomic E-state index is 12.3. The van der Waals surface area contributed by atoms with Crippen LogP contribution in [-0.2, 0) is 20.9 Å². The number of rotatable bonds is 6. The second-order valence-corrected chi connectivity index (χ2v) is 5.13. The van der Waals surface area contributed by atoms with Crippen molar-refractivity contribution in [2.75, 3.05) is 13.7 Å². The van der Waals surface area contributed by atoms with Gasteiger partial charge in [0, 0.05) is 6.04 Å². The number of methoxy groups -OCH3 is 1. The highest BCUT2D eigenvalue weighted by Gasteiger charge is 2.26. The molecule has 0 spiro atoms. The number of carbonyl (C=O) groups excluding carboxylic acids is 2. The van der Waals surface area contributed by atoms with E-state index < -0.39 is 10.9 Å². The van der Waals surface area contributed by atoms with Gasteiger partial charge in [0.05, 0.1) is 12.0 Å². The van der Waals surface area contributed by atoms with Gasteiger partial charge in [-0.15, -0.1) is 0 Å². The fourth-order valence-corrected chi connectivity index (χ4v) is 2.09. The van der Waals surface area contributed by atoms with E-state index in [9.17, 15) is 19.7 Å². The Hall–Kier alpha value is -2.45. The number of ether oxygens (including phenoxy) is 1. The van der Waals surface area contributed by atoms with Gasteiger partial charge in [-0.2, -0.15) is 5.10 Å². The molecule has 0 unspecified atom stereocenters. The Bertz CT molecular complexity index is 593. The molecule has 0 fully saturated rings. The average Bonchev–Trinajstić information content (AvgIpc) is 2.69. The van der Waals surface area contributed by atoms with Crippen molar-refractivity contribution in [1.29, 1.82) is 0 Å². The van der Waals surface area contributed by atoms with Crippen molar-refractivity contribution < 1.29 is 19.2 Å². The first kappa shape index (κ1) is 17.6. The van der Waals surface area contributed by atoms with Gasteiger partial charge in [0.2, 0.25) is 5.91 Å². The van der Waals surface area contributed by atoms with E-state index in [2.05, 4.69) is 9.84 Å². The average molecular weight is 312 g/mol. The molecular formula is C13H20N4O5. The summed E-state index contributed by atoms with van der Waals surface area (Å²) in [7, 11) is 1.25. The molecule has 0 N–H and O–H groups in total. The number of carbonyl (C=O) groups is 2. The molecule has 0 aliphatic rings. The van der Waals surface area contributed by atoms with Crippen LogP contribution in [0.15, 0.2) is 0 Å². The maximum Gasteiger partial charge on any atom is 0.325 e. The molecule has 1 heterocycles. The summed E-state index contributed by atoms with van der Waals surface area (Å²) >= 11 is 0. The van der Waals surface area contributed by atoms with Crippen LogP contribution in [0.1, 0.15) is 25.2 Å². The lowest BCUT2D eigenvalue weighted by molar-refractivity contribution is -0.386. The van der Waals surface area contributed by atoms with Crippen LogP contribution in [0.2, 0.25) is 0 Å². The third kappa shape index (κ3) is 3.80. The number of aromatic nitrogens is 2. The van der Waals surface area contributed by atoms with Gasteiger partial charge in [0.15, 0.2) is 0 Å². The second-order valence-electron chi connectivity index (χ2n) is 5.13. The van der Waals surface area contributed by atoms with E-state index in [1.165, 1.54) is 30.5 Å². The van der Waals surface area contributed by atoms with Crippen LogP contribution in [0.3, 0.4) is 0 Å². The normalized spacial score (nSPS) is 10.6. The standard InChI is InChI=1S/C13H20N4O5/c1-8(2)15(7-12(19)22-5)11(18)6-16-10(4)13(17(20)21)9(3)14-16/h8H,6-7H2,1-5H3. The molecule has 1 rings (SSSR count). The smallest absolute Gasteiger partial charge is 0.325 e. The Morgan fingerprint density at radius 1 is 1.41 bits per heavy atom. The first-order valence-corrected chi connectivity index (χ1v) is 6.73. The largest absolute Gasteiger partial charge is 0.468 e. The minimum absolute atomic E-state index is 0.100. The van der Waals surface area contributed by atoms with Crippen LogP contribution in [-0.4, -0.2) is 51.2 Å². The first-order valence-electron chi connectivity index (χ1n) is 6.73. The van der Waals surface area contributed by atoms with E-state index in [0.717, 1.165) is 0 Å². The van der Waals surface area contributed by atoms with E-state index in [1.54, 1.807) is 13.8 Å². The third-order valence-corrected chi connectivity index (χ3v) is 3.28. The van der Waals surface area contributed by atoms with Crippen LogP contribution in [0.4, 0.5) is 5.69 Å². The van der Waals surface area contributed by atoms with Gasteiger partial charge in [-0.25, -0.2) is 0 Å². The Kier molecular flexibility index (Phi) is 5.61. The van der Waals surface area contributed by atoms with Gasteiger partial charge in [-0.05, 0) is 27.7 Å². The van der Waals surface area contributed by atoms with Gasteiger partial charge in [0.1, 0.15) is 24.5 Å². The fraction of sp³-hybridized carbons (Fsp3) is 0.615. The molecule has 0 bridgehead atoms. The van der Waals surface area contributed by atoms with Crippen molar-refractivity contribution in [2.45, 2.75) is 40.3 Å². The van der Waals surface area contributed by atoms with Crippen LogP contribution in [0, 0.1) is 24.0 Å². The lowest BCUT2D eigenvalue weighted by Crippen LogP contribution is -2.43. The number of nitrogens with zero attached hydrogens (tertiary/aromatic N) is 4. The van der Waals surface area contributed by atoms with E-state index in [1.807, 2.05) is 0 Å². The fourth-order valence-electron chi connectivity index (χ4n) is 2.09. The first-order chi connectivity index (χ1) is 10.2. The summed E-state index contributed by atoms with van der Waals surface area (Å²) in [5.74, 6) is -0.887. The predicted octanol–water partition coefficient (Wildman–Crippen LogP) is 0.818. The van der Waals surface area contributed by atoms with Crippen LogP contribution in [0.25, 0.3) is 0 Å². The molecule has 9 heteroatoms. The van der Waals surface area contributed by atoms with Gasteiger partial charge in [-0.1, -0.05) is 0 Å². The Labute approximate surface area is 128 Å². The van der Waals surface area contributed by atoms with Crippen molar-refractivity contribution in [3.8, 4) is 0 Å². The molecule has 22 heavy (non-hydrogen) atoms. The van der Waals surface area contributed by atoms with Gasteiger partial charge in [-0.3, -0.25) is 24.4 Å². The van der Waals surface area contributed by atoms with Gasteiger partial charge in [0.25, 0.3) is 0 Å². The molecule has 122 valence electrons. The van der Waals surface area contributed by atoms with Crippen molar-refractivity contribution in [3.05, 3.63) is 21.5 Å². The molecule has 0 atom stereocenters. The molecule has 0 aromatic carbocycles. The zero-order valence-electron chi connectivity index (χ0n) is 13.3. The van der Waals surface area contributed by atoms with Crippen molar-refractivity contribution in [1.82, 2.24) is 14.7 Å². The van der Waals surface area contributed by atoms with E-state index in [4.69, 9.17) is 0 Å². The van der Waals surface area contributed by atoms with Crippen LogP contribution in [0.5, 0.6) is 0 Å². The highest BCUT2D eigenvalue weighted by molar-refractivity contribution is 5.82. The second kappa shape index (κ2) is 7.01. The summed E-state index contributed by atoms with van der Waals surface area (Å²) in [6.07, 6.45) is 0. The molecule has 1 aromatic rings. The van der Waals surface area contributed by atoms with Gasteiger partial charge >= 0.3 is 11.7 Å². The highest BCUT2D eigenvalue weighted by Crippen LogP contribution is 2.21. The predicted molar refractivity (Wildman–Crippen MR) is 77.2 cm³/mol. The number of hydrogen-bond acceptors (Lipinski definition) is 6. The molecule has 0 aliphatic heterocycles. The van der Waals surface area contributed by atoms with Gasteiger partial charge < -0.3 is 9.64 Å². The lowest BCUT2D eigenvalue weighted by Gasteiger charge is -2.25. The maximum absolute atomic E-state index is 12.3. The number of esters is 1. The van der Waals surface area contributed by atoms with E-state index in [0.29, 0.717) is 5.69 Å². The van der Waals surface area contributed by atoms with Crippen LogP contribution >= 0.6 is 0 Å². The molecular weight excluding hydrogens is 292 g/mol. The third-order valence-electron chi connectivity index (χ3n) is 3.28. The number of hydrogen-bond donors (Lipinski definition) is 0. The summed E-state index contributed by atoms with van der Waals surface area (Å²) in [4.78, 5) is 35.5. The summed E-state index contributed by atoms with van der Waals surface area (Å²) in [5, 5.41) is 15.0. The summed E-state index contributed by atoms with van der Waals surface area (Å²) < 4.78 is 5.85. The van der Waals surface area contributed by atoms with Crippen molar-refractivity contribution in [2.24, 2.45) is 0 Å². The molecule has 1 amide bonds. The molecule has 0 saturated carbocycles. The molecule has 1 aromatic heterocycles. The zero-order chi connectivity index (χ0) is 17.0. The summed E-state index contributed by atoms with van der Waals surface area (Å²) in [6.45, 7) is 6.24. The number of amides is 1. The molecule has 0 aliphatic carbocycles.